The monoisotopic (exact) mass is 213 g/mol. The number of likely N-dealkylation sites (N-methyl/N-ethyl adjacent to an activating group) is 1. The smallest absolute Gasteiger partial charge is 0.229 e. The molecule has 15 heavy (non-hydrogen) atoms. The largest absolute Gasteiger partial charge is 0.340 e. The quantitative estimate of drug-likeness (QED) is 0.725. The standard InChI is InChI=1S/C11H23N3O/c1-4-11(2,9-12)10(15)14-7-5-13(3)6-8-14/h4-9,12H2,1-3H3. The molecule has 0 bridgehead atoms. The highest BCUT2D eigenvalue weighted by atomic mass is 16.2. The van der Waals surface area contributed by atoms with Gasteiger partial charge in [0.2, 0.25) is 5.91 Å². The van der Waals surface area contributed by atoms with Crippen LogP contribution >= 0.6 is 0 Å². The lowest BCUT2D eigenvalue weighted by atomic mass is 9.86. The number of carbonyl (C=O) groups excluding carboxylic acids is 1. The molecule has 1 rings (SSSR count). The van der Waals surface area contributed by atoms with E-state index in [1.165, 1.54) is 0 Å². The van der Waals surface area contributed by atoms with Gasteiger partial charge in [0.15, 0.2) is 0 Å². The van der Waals surface area contributed by atoms with Crippen molar-refractivity contribution in [1.29, 1.82) is 0 Å². The minimum atomic E-state index is -0.365. The van der Waals surface area contributed by atoms with Gasteiger partial charge >= 0.3 is 0 Å². The maximum absolute atomic E-state index is 12.2. The molecule has 0 aliphatic carbocycles. The molecule has 1 aliphatic rings. The molecular weight excluding hydrogens is 190 g/mol. The van der Waals surface area contributed by atoms with Crippen LogP contribution in [0.25, 0.3) is 0 Å². The Balaban J connectivity index is 2.60. The molecule has 0 spiro atoms. The van der Waals surface area contributed by atoms with Crippen LogP contribution < -0.4 is 5.73 Å². The number of amides is 1. The predicted octanol–water partition coefficient (Wildman–Crippen LogP) is 0.135. The van der Waals surface area contributed by atoms with Gasteiger partial charge in [-0.15, -0.1) is 0 Å². The second-order valence-electron chi connectivity index (χ2n) is 4.71. The molecule has 1 atom stereocenters. The Labute approximate surface area is 92.4 Å². The summed E-state index contributed by atoms with van der Waals surface area (Å²) in [6.45, 7) is 8.05. The van der Waals surface area contributed by atoms with Crippen LogP contribution in [0.1, 0.15) is 20.3 Å². The number of hydrogen-bond donors (Lipinski definition) is 1. The first-order valence-corrected chi connectivity index (χ1v) is 5.71. The van der Waals surface area contributed by atoms with Gasteiger partial charge in [-0.3, -0.25) is 4.79 Å². The SMILES string of the molecule is CCC(C)(CN)C(=O)N1CCN(C)CC1. The Bertz CT molecular complexity index is 218. The average molecular weight is 213 g/mol. The van der Waals surface area contributed by atoms with E-state index in [1.807, 2.05) is 18.7 Å². The molecule has 1 aliphatic heterocycles. The van der Waals surface area contributed by atoms with Crippen molar-refractivity contribution >= 4 is 5.91 Å². The van der Waals surface area contributed by atoms with E-state index in [9.17, 15) is 4.79 Å². The summed E-state index contributed by atoms with van der Waals surface area (Å²) in [4.78, 5) is 16.4. The third kappa shape index (κ3) is 2.69. The van der Waals surface area contributed by atoms with Gasteiger partial charge in [0.25, 0.3) is 0 Å². The minimum absolute atomic E-state index is 0.223. The molecule has 1 heterocycles. The van der Waals surface area contributed by atoms with E-state index in [-0.39, 0.29) is 11.3 Å². The Morgan fingerprint density at radius 1 is 1.33 bits per heavy atom. The van der Waals surface area contributed by atoms with Gasteiger partial charge in [-0.05, 0) is 20.4 Å². The lowest BCUT2D eigenvalue weighted by Gasteiger charge is -2.38. The van der Waals surface area contributed by atoms with Crippen molar-refractivity contribution in [2.24, 2.45) is 11.1 Å². The lowest BCUT2D eigenvalue weighted by molar-refractivity contribution is -0.142. The van der Waals surface area contributed by atoms with Crippen molar-refractivity contribution in [3.8, 4) is 0 Å². The van der Waals surface area contributed by atoms with Gasteiger partial charge in [0.1, 0.15) is 0 Å². The van der Waals surface area contributed by atoms with Gasteiger partial charge in [-0.1, -0.05) is 6.92 Å². The van der Waals surface area contributed by atoms with Crippen molar-refractivity contribution < 1.29 is 4.79 Å². The second kappa shape index (κ2) is 4.94. The maximum atomic E-state index is 12.2. The fraction of sp³-hybridized carbons (Fsp3) is 0.909. The van der Waals surface area contributed by atoms with Crippen LogP contribution in [0.2, 0.25) is 0 Å². The molecule has 2 N–H and O–H groups in total. The van der Waals surface area contributed by atoms with Crippen molar-refractivity contribution in [3.63, 3.8) is 0 Å². The predicted molar refractivity (Wildman–Crippen MR) is 61.5 cm³/mol. The summed E-state index contributed by atoms with van der Waals surface area (Å²) in [6, 6.07) is 0. The summed E-state index contributed by atoms with van der Waals surface area (Å²) in [5, 5.41) is 0. The Hall–Kier alpha value is -0.610. The molecule has 0 aromatic carbocycles. The number of carbonyl (C=O) groups is 1. The molecule has 0 radical (unpaired) electrons. The Kier molecular flexibility index (Phi) is 4.11. The fourth-order valence-electron chi connectivity index (χ4n) is 1.77. The van der Waals surface area contributed by atoms with Crippen molar-refractivity contribution in [1.82, 2.24) is 9.80 Å². The highest BCUT2D eigenvalue weighted by Gasteiger charge is 2.34. The minimum Gasteiger partial charge on any atom is -0.340 e. The van der Waals surface area contributed by atoms with Gasteiger partial charge < -0.3 is 15.5 Å². The van der Waals surface area contributed by atoms with E-state index in [4.69, 9.17) is 5.73 Å². The Morgan fingerprint density at radius 2 is 1.87 bits per heavy atom. The summed E-state index contributed by atoms with van der Waals surface area (Å²) in [7, 11) is 2.09. The first-order chi connectivity index (χ1) is 7.03. The highest BCUT2D eigenvalue weighted by molar-refractivity contribution is 5.82. The number of piperazine rings is 1. The zero-order valence-corrected chi connectivity index (χ0v) is 10.1. The second-order valence-corrected chi connectivity index (χ2v) is 4.71. The fourth-order valence-corrected chi connectivity index (χ4v) is 1.77. The summed E-state index contributed by atoms with van der Waals surface area (Å²) >= 11 is 0. The molecule has 0 aromatic heterocycles. The topological polar surface area (TPSA) is 49.6 Å². The maximum Gasteiger partial charge on any atom is 0.229 e. The molecule has 1 saturated heterocycles. The first kappa shape index (κ1) is 12.5. The van der Waals surface area contributed by atoms with Crippen LogP contribution in [-0.4, -0.2) is 55.5 Å². The van der Waals surface area contributed by atoms with Crippen LogP contribution in [0.4, 0.5) is 0 Å². The van der Waals surface area contributed by atoms with E-state index in [0.717, 1.165) is 32.6 Å². The van der Waals surface area contributed by atoms with Crippen molar-refractivity contribution in [2.45, 2.75) is 20.3 Å². The third-order valence-corrected chi connectivity index (χ3v) is 3.54. The molecule has 1 unspecified atom stereocenters. The van der Waals surface area contributed by atoms with Crippen LogP contribution in [0, 0.1) is 5.41 Å². The Morgan fingerprint density at radius 3 is 2.27 bits per heavy atom. The van der Waals surface area contributed by atoms with E-state index >= 15 is 0 Å². The van der Waals surface area contributed by atoms with Gasteiger partial charge in [0.05, 0.1) is 5.41 Å². The van der Waals surface area contributed by atoms with E-state index in [0.29, 0.717) is 6.54 Å². The van der Waals surface area contributed by atoms with Crippen LogP contribution in [-0.2, 0) is 4.79 Å². The zero-order valence-electron chi connectivity index (χ0n) is 10.1. The van der Waals surface area contributed by atoms with Crippen LogP contribution in [0.3, 0.4) is 0 Å². The van der Waals surface area contributed by atoms with Gasteiger partial charge in [-0.2, -0.15) is 0 Å². The van der Waals surface area contributed by atoms with Crippen LogP contribution in [0.5, 0.6) is 0 Å². The number of rotatable bonds is 3. The third-order valence-electron chi connectivity index (χ3n) is 3.54. The normalized spacial score (nSPS) is 22.5. The lowest BCUT2D eigenvalue weighted by Crippen LogP contribution is -2.53. The summed E-state index contributed by atoms with van der Waals surface area (Å²) < 4.78 is 0. The summed E-state index contributed by atoms with van der Waals surface area (Å²) in [5.74, 6) is 0.223. The molecular formula is C11H23N3O. The van der Waals surface area contributed by atoms with E-state index < -0.39 is 0 Å². The van der Waals surface area contributed by atoms with Crippen LogP contribution in [0.15, 0.2) is 0 Å². The highest BCUT2D eigenvalue weighted by Crippen LogP contribution is 2.23. The molecule has 88 valence electrons. The molecule has 1 fully saturated rings. The summed E-state index contributed by atoms with van der Waals surface area (Å²) in [6.07, 6.45) is 0.814. The first-order valence-electron chi connectivity index (χ1n) is 5.71. The van der Waals surface area contributed by atoms with E-state index in [1.54, 1.807) is 0 Å². The van der Waals surface area contributed by atoms with Gasteiger partial charge in [0, 0.05) is 32.7 Å². The molecule has 0 saturated carbocycles. The molecule has 4 heteroatoms. The van der Waals surface area contributed by atoms with Crippen molar-refractivity contribution in [3.05, 3.63) is 0 Å². The zero-order chi connectivity index (χ0) is 11.5. The van der Waals surface area contributed by atoms with Gasteiger partial charge in [-0.25, -0.2) is 0 Å². The van der Waals surface area contributed by atoms with E-state index in [2.05, 4.69) is 11.9 Å². The number of hydrogen-bond acceptors (Lipinski definition) is 3. The molecule has 1 amide bonds. The summed E-state index contributed by atoms with van der Waals surface area (Å²) in [5.41, 5.74) is 5.33. The number of nitrogens with zero attached hydrogens (tertiary/aromatic N) is 2. The molecule has 4 nitrogen and oxygen atoms in total. The van der Waals surface area contributed by atoms with Crippen molar-refractivity contribution in [2.75, 3.05) is 39.8 Å². The molecule has 0 aromatic rings. The average Bonchev–Trinajstić information content (AvgIpc) is 2.28. The number of nitrogens with two attached hydrogens (primary N) is 1.